The second-order valence-corrected chi connectivity index (χ2v) is 3.51. The van der Waals surface area contributed by atoms with E-state index < -0.39 is 0 Å². The summed E-state index contributed by atoms with van der Waals surface area (Å²) in [5.74, 6) is 5.94. The van der Waals surface area contributed by atoms with Gasteiger partial charge in [0.1, 0.15) is 12.4 Å². The minimum atomic E-state index is -0.112. The Kier molecular flexibility index (Phi) is 4.85. The van der Waals surface area contributed by atoms with Crippen molar-refractivity contribution in [3.05, 3.63) is 0 Å². The van der Waals surface area contributed by atoms with Gasteiger partial charge in [-0.1, -0.05) is 0 Å². The Morgan fingerprint density at radius 2 is 2.08 bits per heavy atom. The van der Waals surface area contributed by atoms with Crippen molar-refractivity contribution in [2.75, 3.05) is 13.2 Å². The maximum Gasteiger partial charge on any atom is 0.137 e. The lowest BCUT2D eigenvalue weighted by atomic mass is 10.1. The van der Waals surface area contributed by atoms with Gasteiger partial charge in [-0.15, -0.1) is 0 Å². The van der Waals surface area contributed by atoms with Crippen molar-refractivity contribution in [1.29, 1.82) is 0 Å². The van der Waals surface area contributed by atoms with Crippen molar-refractivity contribution in [3.8, 4) is 0 Å². The van der Waals surface area contributed by atoms with E-state index in [-0.39, 0.29) is 5.54 Å². The highest BCUT2D eigenvalue weighted by Gasteiger charge is 2.08. The SMILES string of the molecule is CCOCC(=NC(C)(C)C)NN. The van der Waals surface area contributed by atoms with Gasteiger partial charge in [-0.05, 0) is 27.7 Å². The zero-order chi connectivity index (χ0) is 9.61. The van der Waals surface area contributed by atoms with Crippen LogP contribution in [0.15, 0.2) is 4.99 Å². The van der Waals surface area contributed by atoms with Gasteiger partial charge in [0.15, 0.2) is 0 Å². The van der Waals surface area contributed by atoms with Crippen LogP contribution in [0.5, 0.6) is 0 Å². The molecule has 0 saturated carbocycles. The number of nitrogens with two attached hydrogens (primary N) is 1. The number of nitrogens with one attached hydrogen (secondary N) is 1. The molecule has 0 rings (SSSR count). The van der Waals surface area contributed by atoms with Crippen molar-refractivity contribution in [3.63, 3.8) is 0 Å². The minimum absolute atomic E-state index is 0.112. The molecule has 0 amide bonds. The molecule has 0 aromatic heterocycles. The summed E-state index contributed by atoms with van der Waals surface area (Å²) in [6, 6.07) is 0. The molecule has 0 bridgehead atoms. The Bertz CT molecular complexity index is 149. The zero-order valence-corrected chi connectivity index (χ0v) is 8.35. The van der Waals surface area contributed by atoms with Crippen LogP contribution in [0.3, 0.4) is 0 Å². The first-order valence-corrected chi connectivity index (χ1v) is 4.12. The Hall–Kier alpha value is -0.610. The largest absolute Gasteiger partial charge is 0.374 e. The molecule has 0 aromatic rings. The molecule has 4 nitrogen and oxygen atoms in total. The number of nitrogens with zero attached hydrogens (tertiary/aromatic N) is 1. The lowest BCUT2D eigenvalue weighted by Crippen LogP contribution is -2.36. The van der Waals surface area contributed by atoms with Crippen molar-refractivity contribution >= 4 is 5.84 Å². The second-order valence-electron chi connectivity index (χ2n) is 3.51. The third-order valence-corrected chi connectivity index (χ3v) is 1.08. The summed E-state index contributed by atoms with van der Waals surface area (Å²) < 4.78 is 5.16. The summed E-state index contributed by atoms with van der Waals surface area (Å²) in [5.41, 5.74) is 2.41. The second kappa shape index (κ2) is 5.11. The number of rotatable bonds is 3. The van der Waals surface area contributed by atoms with E-state index >= 15 is 0 Å². The number of aliphatic imine (C=N–C) groups is 1. The van der Waals surface area contributed by atoms with Crippen LogP contribution in [0.25, 0.3) is 0 Å². The van der Waals surface area contributed by atoms with Gasteiger partial charge in [0.2, 0.25) is 0 Å². The van der Waals surface area contributed by atoms with Crippen molar-refractivity contribution < 1.29 is 4.74 Å². The van der Waals surface area contributed by atoms with Crippen molar-refractivity contribution in [1.82, 2.24) is 5.43 Å². The number of hydrazine groups is 1. The number of amidine groups is 1. The molecule has 0 aromatic carbocycles. The summed E-state index contributed by atoms with van der Waals surface area (Å²) in [4.78, 5) is 4.32. The highest BCUT2D eigenvalue weighted by molar-refractivity contribution is 5.83. The maximum atomic E-state index is 5.26. The molecule has 0 aliphatic heterocycles. The molecular weight excluding hydrogens is 154 g/mol. The van der Waals surface area contributed by atoms with Gasteiger partial charge in [-0.2, -0.15) is 0 Å². The third kappa shape index (κ3) is 6.12. The van der Waals surface area contributed by atoms with Gasteiger partial charge in [-0.25, -0.2) is 5.84 Å². The average Bonchev–Trinajstić information content (AvgIpc) is 1.95. The zero-order valence-electron chi connectivity index (χ0n) is 8.35. The molecule has 4 heteroatoms. The normalized spacial score (nSPS) is 13.2. The minimum Gasteiger partial charge on any atom is -0.374 e. The summed E-state index contributed by atoms with van der Waals surface area (Å²) >= 11 is 0. The number of hydrogen-bond acceptors (Lipinski definition) is 3. The molecule has 0 aliphatic carbocycles. The van der Waals surface area contributed by atoms with E-state index in [9.17, 15) is 0 Å². The van der Waals surface area contributed by atoms with Crippen LogP contribution in [-0.4, -0.2) is 24.6 Å². The molecule has 3 N–H and O–H groups in total. The van der Waals surface area contributed by atoms with Gasteiger partial charge in [0.05, 0.1) is 5.54 Å². The first kappa shape index (κ1) is 11.4. The van der Waals surface area contributed by atoms with Crippen LogP contribution in [0, 0.1) is 0 Å². The smallest absolute Gasteiger partial charge is 0.137 e. The third-order valence-electron chi connectivity index (χ3n) is 1.08. The average molecular weight is 173 g/mol. The molecule has 72 valence electrons. The van der Waals surface area contributed by atoms with E-state index in [0.29, 0.717) is 19.0 Å². The van der Waals surface area contributed by atoms with Crippen LogP contribution in [0.1, 0.15) is 27.7 Å². The standard InChI is InChI=1S/C8H19N3O/c1-5-12-6-7(11-9)10-8(2,3)4/h5-6,9H2,1-4H3,(H,10,11). The molecule has 0 aliphatic rings. The molecule has 0 heterocycles. The lowest BCUT2D eigenvalue weighted by Gasteiger charge is -2.15. The van der Waals surface area contributed by atoms with E-state index in [1.165, 1.54) is 0 Å². The number of ether oxygens (including phenoxy) is 1. The van der Waals surface area contributed by atoms with Crippen LogP contribution in [0.2, 0.25) is 0 Å². The first-order valence-electron chi connectivity index (χ1n) is 4.12. The summed E-state index contributed by atoms with van der Waals surface area (Å²) in [6.45, 7) is 9.09. The van der Waals surface area contributed by atoms with Crippen LogP contribution < -0.4 is 11.3 Å². The Morgan fingerprint density at radius 1 is 1.50 bits per heavy atom. The van der Waals surface area contributed by atoms with Crippen LogP contribution in [0.4, 0.5) is 0 Å². The number of hydrogen-bond donors (Lipinski definition) is 2. The van der Waals surface area contributed by atoms with Gasteiger partial charge in [0.25, 0.3) is 0 Å². The molecular formula is C8H19N3O. The fourth-order valence-electron chi connectivity index (χ4n) is 0.710. The summed E-state index contributed by atoms with van der Waals surface area (Å²) in [6.07, 6.45) is 0. The first-order chi connectivity index (χ1) is 5.49. The highest BCUT2D eigenvalue weighted by atomic mass is 16.5. The molecule has 0 radical (unpaired) electrons. The summed E-state index contributed by atoms with van der Waals surface area (Å²) in [7, 11) is 0. The molecule has 12 heavy (non-hydrogen) atoms. The van der Waals surface area contributed by atoms with Crippen LogP contribution in [-0.2, 0) is 4.74 Å². The fourth-order valence-corrected chi connectivity index (χ4v) is 0.710. The predicted molar refractivity (Wildman–Crippen MR) is 51.0 cm³/mol. The topological polar surface area (TPSA) is 59.6 Å². The van der Waals surface area contributed by atoms with Gasteiger partial charge in [0, 0.05) is 6.61 Å². The van der Waals surface area contributed by atoms with E-state index in [1.807, 2.05) is 27.7 Å². The fraction of sp³-hybridized carbons (Fsp3) is 0.875. The van der Waals surface area contributed by atoms with Crippen molar-refractivity contribution in [2.24, 2.45) is 10.8 Å². The van der Waals surface area contributed by atoms with Gasteiger partial charge in [-0.3, -0.25) is 4.99 Å². The molecule has 0 spiro atoms. The van der Waals surface area contributed by atoms with E-state index in [0.717, 1.165) is 0 Å². The van der Waals surface area contributed by atoms with Gasteiger partial charge >= 0.3 is 0 Å². The Labute approximate surface area is 74.2 Å². The van der Waals surface area contributed by atoms with Gasteiger partial charge < -0.3 is 10.2 Å². The van der Waals surface area contributed by atoms with E-state index in [4.69, 9.17) is 10.6 Å². The molecule has 0 unspecified atom stereocenters. The lowest BCUT2D eigenvalue weighted by molar-refractivity contribution is 0.184. The van der Waals surface area contributed by atoms with E-state index in [1.54, 1.807) is 0 Å². The molecule has 0 saturated heterocycles. The quantitative estimate of drug-likeness (QED) is 0.285. The molecule has 0 fully saturated rings. The summed E-state index contributed by atoms with van der Waals surface area (Å²) in [5, 5.41) is 0. The molecule has 0 atom stereocenters. The predicted octanol–water partition coefficient (Wildman–Crippen LogP) is 0.683. The van der Waals surface area contributed by atoms with E-state index in [2.05, 4.69) is 10.4 Å². The van der Waals surface area contributed by atoms with Crippen LogP contribution >= 0.6 is 0 Å². The maximum absolute atomic E-state index is 5.26. The Morgan fingerprint density at radius 3 is 2.42 bits per heavy atom. The monoisotopic (exact) mass is 173 g/mol. The Balaban J connectivity index is 4.04. The van der Waals surface area contributed by atoms with Crippen molar-refractivity contribution in [2.45, 2.75) is 33.2 Å². The highest BCUT2D eigenvalue weighted by Crippen LogP contribution is 2.05.